The van der Waals surface area contributed by atoms with Gasteiger partial charge in [0.05, 0.1) is 0 Å². The zero-order valence-electron chi connectivity index (χ0n) is 9.67. The highest BCUT2D eigenvalue weighted by Gasteiger charge is 2.26. The maximum Gasteiger partial charge on any atom is 0.220 e. The van der Waals surface area contributed by atoms with Crippen LogP contribution >= 0.6 is 0 Å². The summed E-state index contributed by atoms with van der Waals surface area (Å²) in [5.74, 6) is 0.649. The molecule has 0 aromatic heterocycles. The first-order valence-electron chi connectivity index (χ1n) is 5.18. The van der Waals surface area contributed by atoms with Crippen molar-refractivity contribution in [1.82, 2.24) is 0 Å². The molecular formula is C12H13NO3S. The first-order valence-corrected chi connectivity index (χ1v) is 6.66. The van der Waals surface area contributed by atoms with Crippen LogP contribution in [0.3, 0.4) is 0 Å². The monoisotopic (exact) mass is 251 g/mol. The van der Waals surface area contributed by atoms with Gasteiger partial charge >= 0.3 is 0 Å². The Balaban J connectivity index is 2.04. The molecule has 0 radical (unpaired) electrons. The highest BCUT2D eigenvalue weighted by molar-refractivity contribution is 8.09. The van der Waals surface area contributed by atoms with Gasteiger partial charge in [0, 0.05) is 6.20 Å². The van der Waals surface area contributed by atoms with E-state index in [9.17, 15) is 8.42 Å². The number of ether oxygens (including phenoxy) is 1. The molecule has 90 valence electrons. The third-order valence-electron chi connectivity index (χ3n) is 2.53. The van der Waals surface area contributed by atoms with Crippen LogP contribution in [0.15, 0.2) is 40.4 Å². The lowest BCUT2D eigenvalue weighted by Crippen LogP contribution is -2.14. The van der Waals surface area contributed by atoms with E-state index >= 15 is 0 Å². The molecule has 0 unspecified atom stereocenters. The van der Waals surface area contributed by atoms with Crippen LogP contribution in [0, 0.1) is 6.92 Å². The van der Waals surface area contributed by atoms with Gasteiger partial charge in [0.25, 0.3) is 0 Å². The molecule has 0 atom stereocenters. The van der Waals surface area contributed by atoms with Gasteiger partial charge in [0.15, 0.2) is 0 Å². The van der Waals surface area contributed by atoms with Gasteiger partial charge in [-0.2, -0.15) is 0 Å². The molecule has 0 aliphatic carbocycles. The van der Waals surface area contributed by atoms with Crippen LogP contribution in [0.25, 0.3) is 0 Å². The van der Waals surface area contributed by atoms with Crippen LogP contribution < -0.4 is 4.74 Å². The minimum atomic E-state index is -3.36. The van der Waals surface area contributed by atoms with E-state index < -0.39 is 9.84 Å². The van der Waals surface area contributed by atoms with Crippen LogP contribution in [0.5, 0.6) is 5.75 Å². The summed E-state index contributed by atoms with van der Waals surface area (Å²) in [6, 6.07) is 7.44. The second kappa shape index (κ2) is 4.33. The van der Waals surface area contributed by atoms with E-state index in [1.54, 1.807) is 0 Å². The smallest absolute Gasteiger partial charge is 0.220 e. The molecule has 1 heterocycles. The zero-order valence-corrected chi connectivity index (χ0v) is 10.5. The quantitative estimate of drug-likeness (QED) is 0.826. The standard InChI is InChI=1S/C12H13NO3S/c1-9-3-5-11(6-4-9)16-8-12-7-13-10(2)17(12,14)15/h3-7H,8H2,1-2H3. The highest BCUT2D eigenvalue weighted by atomic mass is 32.2. The lowest BCUT2D eigenvalue weighted by molar-refractivity contribution is 0.358. The van der Waals surface area contributed by atoms with E-state index in [4.69, 9.17) is 4.74 Å². The second-order valence-electron chi connectivity index (χ2n) is 3.85. The van der Waals surface area contributed by atoms with Crippen LogP contribution in [0.2, 0.25) is 0 Å². The number of hydrogen-bond acceptors (Lipinski definition) is 4. The van der Waals surface area contributed by atoms with Gasteiger partial charge in [-0.05, 0) is 26.0 Å². The molecule has 0 N–H and O–H groups in total. The van der Waals surface area contributed by atoms with Crippen LogP contribution in [-0.2, 0) is 9.84 Å². The van der Waals surface area contributed by atoms with E-state index in [1.165, 1.54) is 13.1 Å². The minimum Gasteiger partial charge on any atom is -0.488 e. The van der Waals surface area contributed by atoms with Gasteiger partial charge in [0.1, 0.15) is 22.3 Å². The van der Waals surface area contributed by atoms with Crippen molar-refractivity contribution in [2.45, 2.75) is 13.8 Å². The van der Waals surface area contributed by atoms with Crippen molar-refractivity contribution in [2.75, 3.05) is 6.61 Å². The Morgan fingerprint density at radius 1 is 1.18 bits per heavy atom. The molecular weight excluding hydrogens is 238 g/mol. The fourth-order valence-electron chi connectivity index (χ4n) is 1.40. The van der Waals surface area contributed by atoms with E-state index in [0.717, 1.165) is 5.56 Å². The van der Waals surface area contributed by atoms with Crippen molar-refractivity contribution in [3.8, 4) is 5.75 Å². The number of hydrogen-bond donors (Lipinski definition) is 0. The van der Waals surface area contributed by atoms with Gasteiger partial charge < -0.3 is 4.74 Å². The molecule has 1 aromatic carbocycles. The third kappa shape index (κ3) is 2.39. The zero-order chi connectivity index (χ0) is 12.5. The predicted molar refractivity (Wildman–Crippen MR) is 66.8 cm³/mol. The molecule has 4 nitrogen and oxygen atoms in total. The van der Waals surface area contributed by atoms with Crippen LogP contribution in [0.4, 0.5) is 0 Å². The summed E-state index contributed by atoms with van der Waals surface area (Å²) in [6.45, 7) is 3.47. The Kier molecular flexibility index (Phi) is 3.02. The molecule has 1 aliphatic heterocycles. The summed E-state index contributed by atoms with van der Waals surface area (Å²) in [7, 11) is -3.36. The van der Waals surface area contributed by atoms with Gasteiger partial charge in [-0.1, -0.05) is 17.7 Å². The van der Waals surface area contributed by atoms with Gasteiger partial charge in [-0.15, -0.1) is 0 Å². The summed E-state index contributed by atoms with van der Waals surface area (Å²) < 4.78 is 28.8. The molecule has 1 aromatic rings. The molecule has 0 amide bonds. The topological polar surface area (TPSA) is 55.7 Å². The van der Waals surface area contributed by atoms with Crippen LogP contribution in [-0.4, -0.2) is 20.1 Å². The number of aryl methyl sites for hydroxylation is 1. The summed E-state index contributed by atoms with van der Waals surface area (Å²) in [6.07, 6.45) is 1.35. The van der Waals surface area contributed by atoms with E-state index in [0.29, 0.717) is 5.75 Å². The maximum absolute atomic E-state index is 11.7. The number of benzene rings is 1. The molecule has 0 bridgehead atoms. The number of nitrogens with zero attached hydrogens (tertiary/aromatic N) is 1. The summed E-state index contributed by atoms with van der Waals surface area (Å²) in [5.41, 5.74) is 1.13. The molecule has 0 saturated heterocycles. The molecule has 1 aliphatic rings. The predicted octanol–water partition coefficient (Wildman–Crippen LogP) is 2.06. The Bertz CT molecular complexity index is 583. The number of aliphatic imine (C=N–C) groups is 1. The average molecular weight is 251 g/mol. The van der Waals surface area contributed by atoms with Crippen molar-refractivity contribution in [2.24, 2.45) is 4.99 Å². The van der Waals surface area contributed by atoms with E-state index in [-0.39, 0.29) is 16.6 Å². The van der Waals surface area contributed by atoms with Crippen molar-refractivity contribution in [3.05, 3.63) is 40.9 Å². The van der Waals surface area contributed by atoms with Crippen molar-refractivity contribution >= 4 is 14.9 Å². The Morgan fingerprint density at radius 3 is 2.35 bits per heavy atom. The van der Waals surface area contributed by atoms with Gasteiger partial charge in [-0.25, -0.2) is 13.4 Å². The normalized spacial score (nSPS) is 17.5. The van der Waals surface area contributed by atoms with Crippen LogP contribution in [0.1, 0.15) is 12.5 Å². The second-order valence-corrected chi connectivity index (χ2v) is 5.97. The number of rotatable bonds is 3. The maximum atomic E-state index is 11.7. The fourth-order valence-corrected chi connectivity index (χ4v) is 2.37. The number of sulfone groups is 1. The summed E-state index contributed by atoms with van der Waals surface area (Å²) in [5, 5.41) is 0.125. The molecule has 0 fully saturated rings. The van der Waals surface area contributed by atoms with Crippen molar-refractivity contribution in [1.29, 1.82) is 0 Å². The highest BCUT2D eigenvalue weighted by Crippen LogP contribution is 2.19. The minimum absolute atomic E-state index is 0.0201. The molecule has 0 spiro atoms. The summed E-state index contributed by atoms with van der Waals surface area (Å²) >= 11 is 0. The SMILES string of the molecule is CC1=NC=C(COc2ccc(C)cc2)S1(=O)=O. The Hall–Kier alpha value is -1.62. The van der Waals surface area contributed by atoms with E-state index in [2.05, 4.69) is 4.99 Å². The fraction of sp³-hybridized carbons (Fsp3) is 0.250. The molecule has 17 heavy (non-hydrogen) atoms. The first-order chi connectivity index (χ1) is 8.00. The molecule has 2 rings (SSSR count). The Morgan fingerprint density at radius 2 is 1.82 bits per heavy atom. The van der Waals surface area contributed by atoms with Crippen molar-refractivity contribution < 1.29 is 13.2 Å². The lowest BCUT2D eigenvalue weighted by Gasteiger charge is -2.07. The summed E-state index contributed by atoms with van der Waals surface area (Å²) in [4.78, 5) is 3.99. The first kappa shape index (κ1) is 11.9. The Labute approximate surface area is 101 Å². The third-order valence-corrected chi connectivity index (χ3v) is 4.32. The van der Waals surface area contributed by atoms with Gasteiger partial charge in [-0.3, -0.25) is 0 Å². The molecule has 0 saturated carbocycles. The van der Waals surface area contributed by atoms with Crippen molar-refractivity contribution in [3.63, 3.8) is 0 Å². The molecule has 5 heteroatoms. The average Bonchev–Trinajstić information content (AvgIpc) is 2.54. The largest absolute Gasteiger partial charge is 0.488 e. The van der Waals surface area contributed by atoms with E-state index in [1.807, 2.05) is 31.2 Å². The van der Waals surface area contributed by atoms with Gasteiger partial charge in [0.2, 0.25) is 9.84 Å². The lowest BCUT2D eigenvalue weighted by atomic mass is 10.2.